The van der Waals surface area contributed by atoms with Gasteiger partial charge in [-0.15, -0.1) is 13.2 Å². The number of hydrogen-bond donors (Lipinski definition) is 1. The minimum Gasteiger partial charge on any atom is -0.493 e. The number of rotatable bonds is 9. The summed E-state index contributed by atoms with van der Waals surface area (Å²) in [6.07, 6.45) is -1.27. The van der Waals surface area contributed by atoms with Crippen LogP contribution in [0.2, 0.25) is 0 Å². The Balaban J connectivity index is 1.51. The van der Waals surface area contributed by atoms with Crippen molar-refractivity contribution in [2.75, 3.05) is 7.11 Å². The lowest BCUT2D eigenvalue weighted by atomic mass is 10.1. The van der Waals surface area contributed by atoms with E-state index in [1.165, 1.54) is 12.1 Å². The van der Waals surface area contributed by atoms with E-state index in [4.69, 9.17) is 9.47 Å². The van der Waals surface area contributed by atoms with Crippen molar-refractivity contribution >= 4 is 0 Å². The monoisotopic (exact) mass is 418 g/mol. The second-order valence-corrected chi connectivity index (χ2v) is 6.42. The SMILES string of the molecule is COc1cc(CNCc2ccc(OC(F)(F)F)cc2)ccc1OCc1ccncc1. The molecule has 0 amide bonds. The highest BCUT2D eigenvalue weighted by molar-refractivity contribution is 5.43. The third-order valence-corrected chi connectivity index (χ3v) is 4.19. The predicted octanol–water partition coefficient (Wildman–Crippen LogP) is 4.86. The van der Waals surface area contributed by atoms with Crippen LogP contribution in [0, 0.1) is 0 Å². The first-order valence-corrected chi connectivity index (χ1v) is 9.17. The third kappa shape index (κ3) is 6.66. The van der Waals surface area contributed by atoms with E-state index >= 15 is 0 Å². The molecule has 0 aliphatic rings. The largest absolute Gasteiger partial charge is 0.573 e. The van der Waals surface area contributed by atoms with Crippen molar-refractivity contribution < 1.29 is 27.4 Å². The average Bonchev–Trinajstić information content (AvgIpc) is 2.73. The normalized spacial score (nSPS) is 11.2. The number of methoxy groups -OCH3 is 1. The van der Waals surface area contributed by atoms with E-state index in [1.807, 2.05) is 30.3 Å². The van der Waals surface area contributed by atoms with Crippen LogP contribution in [-0.2, 0) is 19.7 Å². The molecule has 1 aromatic heterocycles. The molecule has 3 aromatic rings. The summed E-state index contributed by atoms with van der Waals surface area (Å²) in [7, 11) is 1.58. The Hall–Kier alpha value is -3.26. The van der Waals surface area contributed by atoms with Gasteiger partial charge in [0, 0.05) is 25.5 Å². The quantitative estimate of drug-likeness (QED) is 0.538. The molecule has 0 fully saturated rings. The zero-order valence-corrected chi connectivity index (χ0v) is 16.3. The number of benzene rings is 2. The van der Waals surface area contributed by atoms with Gasteiger partial charge < -0.3 is 19.5 Å². The minimum absolute atomic E-state index is 0.238. The van der Waals surface area contributed by atoms with Crippen molar-refractivity contribution in [1.29, 1.82) is 0 Å². The highest BCUT2D eigenvalue weighted by atomic mass is 19.4. The van der Waals surface area contributed by atoms with E-state index in [0.29, 0.717) is 31.2 Å². The van der Waals surface area contributed by atoms with E-state index in [-0.39, 0.29) is 5.75 Å². The second-order valence-electron chi connectivity index (χ2n) is 6.42. The third-order valence-electron chi connectivity index (χ3n) is 4.19. The molecule has 0 unspecified atom stereocenters. The van der Waals surface area contributed by atoms with Crippen LogP contribution in [0.3, 0.4) is 0 Å². The zero-order chi connectivity index (χ0) is 21.4. The van der Waals surface area contributed by atoms with Gasteiger partial charge in [0.25, 0.3) is 0 Å². The van der Waals surface area contributed by atoms with Crippen LogP contribution in [-0.4, -0.2) is 18.5 Å². The fraction of sp³-hybridized carbons (Fsp3) is 0.227. The van der Waals surface area contributed by atoms with Gasteiger partial charge in [-0.2, -0.15) is 0 Å². The van der Waals surface area contributed by atoms with Crippen LogP contribution < -0.4 is 19.5 Å². The van der Waals surface area contributed by atoms with E-state index in [9.17, 15) is 13.2 Å². The molecule has 0 bridgehead atoms. The van der Waals surface area contributed by atoms with Gasteiger partial charge in [0.2, 0.25) is 0 Å². The molecule has 1 heterocycles. The van der Waals surface area contributed by atoms with Gasteiger partial charge in [-0.25, -0.2) is 0 Å². The van der Waals surface area contributed by atoms with Crippen molar-refractivity contribution in [3.8, 4) is 17.2 Å². The summed E-state index contributed by atoms with van der Waals surface area (Å²) in [6.45, 7) is 1.46. The van der Waals surface area contributed by atoms with E-state index in [0.717, 1.165) is 16.7 Å². The highest BCUT2D eigenvalue weighted by Gasteiger charge is 2.30. The molecular formula is C22H21F3N2O3. The number of alkyl halides is 3. The summed E-state index contributed by atoms with van der Waals surface area (Å²) >= 11 is 0. The van der Waals surface area contributed by atoms with Crippen LogP contribution in [0.1, 0.15) is 16.7 Å². The van der Waals surface area contributed by atoms with Crippen LogP contribution >= 0.6 is 0 Å². The van der Waals surface area contributed by atoms with Crippen molar-refractivity contribution in [2.45, 2.75) is 26.1 Å². The molecule has 8 heteroatoms. The van der Waals surface area contributed by atoms with Crippen LogP contribution in [0.5, 0.6) is 17.2 Å². The van der Waals surface area contributed by atoms with E-state index in [2.05, 4.69) is 15.0 Å². The lowest BCUT2D eigenvalue weighted by molar-refractivity contribution is -0.274. The van der Waals surface area contributed by atoms with E-state index in [1.54, 1.807) is 31.6 Å². The molecule has 0 spiro atoms. The van der Waals surface area contributed by atoms with Gasteiger partial charge >= 0.3 is 6.36 Å². The molecule has 0 saturated heterocycles. The van der Waals surface area contributed by atoms with Crippen LogP contribution in [0.15, 0.2) is 67.0 Å². The summed E-state index contributed by atoms with van der Waals surface area (Å²) in [5.41, 5.74) is 2.83. The number of halogens is 3. The molecule has 5 nitrogen and oxygen atoms in total. The maximum Gasteiger partial charge on any atom is 0.573 e. The van der Waals surface area contributed by atoms with E-state index < -0.39 is 6.36 Å². The molecular weight excluding hydrogens is 397 g/mol. The van der Waals surface area contributed by atoms with Crippen molar-refractivity contribution in [3.63, 3.8) is 0 Å². The number of nitrogens with one attached hydrogen (secondary N) is 1. The standard InChI is InChI=1S/C22H21F3N2O3/c1-28-21-12-18(4-7-20(21)29-15-17-8-10-26-11-9-17)14-27-13-16-2-5-19(6-3-16)30-22(23,24)25/h2-12,27H,13-15H2,1H3. The number of hydrogen-bond acceptors (Lipinski definition) is 5. The predicted molar refractivity (Wildman–Crippen MR) is 105 cm³/mol. The molecule has 3 rings (SSSR count). The first kappa shape index (κ1) is 21.4. The number of nitrogens with zero attached hydrogens (tertiary/aromatic N) is 1. The Morgan fingerprint density at radius 1 is 0.833 bits per heavy atom. The Bertz CT molecular complexity index is 933. The maximum absolute atomic E-state index is 12.2. The fourth-order valence-electron chi connectivity index (χ4n) is 2.74. The topological polar surface area (TPSA) is 52.6 Å². The summed E-state index contributed by atoms with van der Waals surface area (Å²) < 4.78 is 51.7. The van der Waals surface area contributed by atoms with Crippen molar-refractivity contribution in [1.82, 2.24) is 10.3 Å². The molecule has 30 heavy (non-hydrogen) atoms. The first-order chi connectivity index (χ1) is 14.4. The van der Waals surface area contributed by atoms with Gasteiger partial charge in [-0.3, -0.25) is 4.98 Å². The summed E-state index contributed by atoms with van der Waals surface area (Å²) in [5.74, 6) is 1.02. The molecule has 0 atom stereocenters. The Kier molecular flexibility index (Phi) is 7.13. The smallest absolute Gasteiger partial charge is 0.493 e. The van der Waals surface area contributed by atoms with Gasteiger partial charge in [0.05, 0.1) is 7.11 Å². The van der Waals surface area contributed by atoms with Crippen molar-refractivity contribution in [2.24, 2.45) is 0 Å². The molecule has 158 valence electrons. The summed E-state index contributed by atoms with van der Waals surface area (Å²) in [6, 6.07) is 15.2. The van der Waals surface area contributed by atoms with Gasteiger partial charge in [0.15, 0.2) is 11.5 Å². The lowest BCUT2D eigenvalue weighted by Gasteiger charge is -2.13. The van der Waals surface area contributed by atoms with Gasteiger partial charge in [0.1, 0.15) is 12.4 Å². The molecule has 0 radical (unpaired) electrons. The zero-order valence-electron chi connectivity index (χ0n) is 16.3. The lowest BCUT2D eigenvalue weighted by Crippen LogP contribution is -2.17. The molecule has 0 saturated carbocycles. The first-order valence-electron chi connectivity index (χ1n) is 9.17. The number of ether oxygens (including phenoxy) is 3. The van der Waals surface area contributed by atoms with Crippen LogP contribution in [0.25, 0.3) is 0 Å². The number of pyridine rings is 1. The average molecular weight is 418 g/mol. The van der Waals surface area contributed by atoms with Crippen molar-refractivity contribution in [3.05, 3.63) is 83.7 Å². The molecule has 0 aliphatic carbocycles. The Morgan fingerprint density at radius 2 is 1.50 bits per heavy atom. The minimum atomic E-state index is -4.69. The second kappa shape index (κ2) is 9.98. The Labute approximate surface area is 172 Å². The van der Waals surface area contributed by atoms with Gasteiger partial charge in [-0.05, 0) is 53.1 Å². The Morgan fingerprint density at radius 3 is 2.17 bits per heavy atom. The fourth-order valence-corrected chi connectivity index (χ4v) is 2.74. The summed E-state index contributed by atoms with van der Waals surface area (Å²) in [4.78, 5) is 3.98. The maximum atomic E-state index is 12.2. The summed E-state index contributed by atoms with van der Waals surface area (Å²) in [5, 5.41) is 3.25. The molecule has 0 aliphatic heterocycles. The highest BCUT2D eigenvalue weighted by Crippen LogP contribution is 2.29. The van der Waals surface area contributed by atoms with Gasteiger partial charge in [-0.1, -0.05) is 18.2 Å². The number of aromatic nitrogens is 1. The molecule has 2 aromatic carbocycles. The molecule has 1 N–H and O–H groups in total. The van der Waals surface area contributed by atoms with Crippen LogP contribution in [0.4, 0.5) is 13.2 Å².